The van der Waals surface area contributed by atoms with Gasteiger partial charge in [0.05, 0.1) is 42.7 Å². The fraction of sp³-hybridized carbons (Fsp3) is 0.560. The van der Waals surface area contributed by atoms with Crippen LogP contribution in [0.15, 0.2) is 65.7 Å². The van der Waals surface area contributed by atoms with Crippen molar-refractivity contribution >= 4 is 78.4 Å². The highest BCUT2D eigenvalue weighted by molar-refractivity contribution is 9.10. The topological polar surface area (TPSA) is 161 Å². The van der Waals surface area contributed by atoms with Crippen molar-refractivity contribution in [3.8, 4) is 11.1 Å². The van der Waals surface area contributed by atoms with Crippen molar-refractivity contribution in [2.24, 2.45) is 0 Å². The number of rotatable bonds is 18. The number of aromatic nitrogens is 8. The maximum absolute atomic E-state index is 12.3. The standard InChI is InChI=1S/C21H30N4O3Si.C15H21BrN2O3Si.C12H21BN2O2.2CH4/c1-6-9-24-14-17(13-22-24)16-7-8-19-18(12-16)20(21(26)27-2)23-25(19)15-28-10-11-29(3,4)5;1-20-15(19)14-12-9-11(16)5-6-13(12)18(17-14)10-21-7-8-22(2,3)4;1-6-7-15-9-10(8-14-15)13-16-11(2,3)12(4,5)17-13;;/h7-8,12-14H,6,9-11,15H2,1-5H3;5-6,9H,7-8,10H2,1-4H3;8-9H,6-7H2,1-5H3;2*1H4. The van der Waals surface area contributed by atoms with Crippen molar-refractivity contribution in [3.63, 3.8) is 0 Å². The molecular formula is C50H80BBrN8O8Si2. The molecular weight excluding hydrogens is 987 g/mol. The van der Waals surface area contributed by atoms with Crippen molar-refractivity contribution in [3.05, 3.63) is 77.0 Å². The Kier molecular flexibility index (Phi) is 22.1. The Labute approximate surface area is 427 Å². The minimum atomic E-state index is -1.15. The lowest BCUT2D eigenvalue weighted by molar-refractivity contribution is 0.00578. The van der Waals surface area contributed by atoms with Crippen molar-refractivity contribution < 1.29 is 37.8 Å². The van der Waals surface area contributed by atoms with Gasteiger partial charge in [0.25, 0.3) is 0 Å². The third-order valence-electron chi connectivity index (χ3n) is 11.7. The second-order valence-corrected chi connectivity index (χ2v) is 32.5. The first kappa shape index (κ1) is 59.9. The second-order valence-electron chi connectivity index (χ2n) is 20.4. The van der Waals surface area contributed by atoms with E-state index in [1.165, 1.54) is 14.2 Å². The quantitative estimate of drug-likeness (QED) is 0.0456. The number of ether oxygens (including phenoxy) is 4. The summed E-state index contributed by atoms with van der Waals surface area (Å²) in [7, 11) is 0.164. The Hall–Kier alpha value is -4.44. The summed E-state index contributed by atoms with van der Waals surface area (Å²) < 4.78 is 41.4. The van der Waals surface area contributed by atoms with Crippen molar-refractivity contribution in [2.75, 3.05) is 27.4 Å². The first-order chi connectivity index (χ1) is 32.0. The van der Waals surface area contributed by atoms with Crippen LogP contribution in [0.3, 0.4) is 0 Å². The molecule has 1 saturated heterocycles. The number of benzene rings is 2. The summed E-state index contributed by atoms with van der Waals surface area (Å²) in [4.78, 5) is 24.2. The Bertz CT molecular complexity index is 2600. The molecule has 0 unspecified atom stereocenters. The summed E-state index contributed by atoms with van der Waals surface area (Å²) in [6, 6.07) is 13.9. The summed E-state index contributed by atoms with van der Waals surface area (Å²) >= 11 is 3.42. The van der Waals surface area contributed by atoms with Gasteiger partial charge in [-0.25, -0.2) is 19.0 Å². The van der Waals surface area contributed by atoms with Gasteiger partial charge in [-0.3, -0.25) is 9.36 Å². The molecule has 1 fully saturated rings. The van der Waals surface area contributed by atoms with Crippen LogP contribution in [0, 0.1) is 0 Å². The molecule has 0 bridgehead atoms. The fourth-order valence-electron chi connectivity index (χ4n) is 6.96. The molecule has 2 aromatic carbocycles. The predicted molar refractivity (Wildman–Crippen MR) is 291 cm³/mol. The minimum Gasteiger partial charge on any atom is -0.464 e. The van der Waals surface area contributed by atoms with Crippen LogP contribution in [0.1, 0.15) is 90.2 Å². The van der Waals surface area contributed by atoms with E-state index in [4.69, 9.17) is 28.3 Å². The molecule has 1 aliphatic rings. The number of methoxy groups -OCH3 is 2. The Morgan fingerprint density at radius 1 is 0.671 bits per heavy atom. The molecule has 16 nitrogen and oxygen atoms in total. The lowest BCUT2D eigenvalue weighted by atomic mass is 9.82. The molecule has 0 amide bonds. The monoisotopic (exact) mass is 1070 g/mol. The third-order valence-corrected chi connectivity index (χ3v) is 15.6. The zero-order chi connectivity index (χ0) is 50.0. The number of esters is 2. The molecule has 0 saturated carbocycles. The average Bonchev–Trinajstić information content (AvgIpc) is 4.11. The van der Waals surface area contributed by atoms with Gasteiger partial charge in [-0.15, -0.1) is 0 Å². The summed E-state index contributed by atoms with van der Waals surface area (Å²) in [5.74, 6) is -0.890. The number of hydrogen-bond donors (Lipinski definition) is 0. The van der Waals surface area contributed by atoms with Crippen LogP contribution in [-0.4, -0.2) is 113 Å². The molecule has 386 valence electrons. The Morgan fingerprint density at radius 2 is 1.13 bits per heavy atom. The minimum absolute atomic E-state index is 0. The number of aryl methyl sites for hydroxylation is 2. The highest BCUT2D eigenvalue weighted by atomic mass is 79.9. The van der Waals surface area contributed by atoms with Crippen molar-refractivity contribution in [1.82, 2.24) is 39.1 Å². The predicted octanol–water partition coefficient (Wildman–Crippen LogP) is 11.2. The van der Waals surface area contributed by atoms with Gasteiger partial charge in [-0.1, -0.05) is 90.0 Å². The van der Waals surface area contributed by atoms with E-state index in [0.29, 0.717) is 38.1 Å². The van der Waals surface area contributed by atoms with Crippen LogP contribution in [0.25, 0.3) is 32.9 Å². The zero-order valence-corrected chi connectivity index (χ0v) is 46.2. The summed E-state index contributed by atoms with van der Waals surface area (Å²) in [6.45, 7) is 30.2. The molecule has 0 atom stereocenters. The number of hydrogen-bond acceptors (Lipinski definition) is 12. The summed E-state index contributed by atoms with van der Waals surface area (Å²) in [6.07, 6.45) is 9.80. The lowest BCUT2D eigenvalue weighted by Crippen LogP contribution is -2.41. The van der Waals surface area contributed by atoms with Crippen LogP contribution in [0.4, 0.5) is 0 Å². The molecule has 70 heavy (non-hydrogen) atoms. The van der Waals surface area contributed by atoms with Crippen LogP contribution in [0.5, 0.6) is 0 Å². The van der Waals surface area contributed by atoms with Gasteiger partial charge in [-0.05, 0) is 88.5 Å². The van der Waals surface area contributed by atoms with Crippen molar-refractivity contribution in [2.45, 2.75) is 158 Å². The Morgan fingerprint density at radius 3 is 1.60 bits per heavy atom. The van der Waals surface area contributed by atoms with Gasteiger partial charge >= 0.3 is 19.1 Å². The van der Waals surface area contributed by atoms with Crippen LogP contribution < -0.4 is 5.46 Å². The zero-order valence-electron chi connectivity index (χ0n) is 42.6. The van der Waals surface area contributed by atoms with Gasteiger partial charge in [0.2, 0.25) is 0 Å². The van der Waals surface area contributed by atoms with Gasteiger partial charge < -0.3 is 28.3 Å². The number of carbonyl (C=O) groups excluding carboxylic acids is 2. The average molecular weight is 1070 g/mol. The molecule has 0 N–H and O–H groups in total. The fourth-order valence-corrected chi connectivity index (χ4v) is 8.83. The van der Waals surface area contributed by atoms with Gasteiger partial charge in [0.15, 0.2) is 11.4 Å². The lowest BCUT2D eigenvalue weighted by Gasteiger charge is -2.32. The summed E-state index contributed by atoms with van der Waals surface area (Å²) in [5, 5.41) is 19.0. The third kappa shape index (κ3) is 16.0. The highest BCUT2D eigenvalue weighted by Crippen LogP contribution is 2.36. The van der Waals surface area contributed by atoms with Crippen LogP contribution in [-0.2, 0) is 54.8 Å². The molecule has 4 aromatic heterocycles. The largest absolute Gasteiger partial charge is 0.498 e. The van der Waals surface area contributed by atoms with E-state index in [9.17, 15) is 9.59 Å². The maximum Gasteiger partial charge on any atom is 0.498 e. The van der Waals surface area contributed by atoms with Crippen LogP contribution in [0.2, 0.25) is 51.4 Å². The molecule has 0 radical (unpaired) electrons. The molecule has 6 aromatic rings. The van der Waals surface area contributed by atoms with Crippen molar-refractivity contribution in [1.29, 1.82) is 0 Å². The maximum atomic E-state index is 12.3. The van der Waals surface area contributed by atoms with Gasteiger partial charge in [-0.2, -0.15) is 20.4 Å². The first-order valence-electron chi connectivity index (χ1n) is 23.4. The van der Waals surface area contributed by atoms with Crippen LogP contribution >= 0.6 is 15.9 Å². The molecule has 7 rings (SSSR count). The molecule has 5 heterocycles. The number of halogens is 1. The van der Waals surface area contributed by atoms with E-state index in [2.05, 4.69) is 117 Å². The highest BCUT2D eigenvalue weighted by Gasteiger charge is 2.52. The van der Waals surface area contributed by atoms with E-state index in [-0.39, 0.29) is 33.2 Å². The molecule has 20 heteroatoms. The van der Waals surface area contributed by atoms with E-state index in [0.717, 1.165) is 80.9 Å². The summed E-state index contributed by atoms with van der Waals surface area (Å²) in [5.41, 5.74) is 4.75. The SMILES string of the molecule is C.C.CCCn1cc(-c2ccc3c(c2)c(C(=O)OC)nn3COCC[Si](C)(C)C)cn1.CCCn1cc(B2OC(C)(C)C(C)(C)O2)cn1.COC(=O)c1nn(COCC[Si](C)(C)C)c2ccc(Br)cc12. The van der Waals surface area contributed by atoms with Gasteiger partial charge in [0, 0.05) is 87.3 Å². The first-order valence-corrected chi connectivity index (χ1v) is 31.6. The van der Waals surface area contributed by atoms with E-state index >= 15 is 0 Å². The second kappa shape index (κ2) is 25.8. The normalized spacial score (nSPS) is 14.0. The van der Waals surface area contributed by atoms with E-state index < -0.39 is 28.1 Å². The van der Waals surface area contributed by atoms with E-state index in [1.54, 1.807) is 9.36 Å². The van der Waals surface area contributed by atoms with Gasteiger partial charge in [0.1, 0.15) is 13.5 Å². The smallest absolute Gasteiger partial charge is 0.464 e. The van der Waals surface area contributed by atoms with E-state index in [1.807, 2.05) is 70.5 Å². The Balaban J connectivity index is 0.000000283. The number of nitrogens with zero attached hydrogens (tertiary/aromatic N) is 8. The molecule has 1 aliphatic heterocycles. The number of fused-ring (bicyclic) bond motifs is 2. The number of carbonyl (C=O) groups is 2. The molecule has 0 aliphatic carbocycles. The molecule has 0 spiro atoms.